The summed E-state index contributed by atoms with van der Waals surface area (Å²) in [4.78, 5) is 0. The summed E-state index contributed by atoms with van der Waals surface area (Å²) in [7, 11) is 4.73. The van der Waals surface area contributed by atoms with Gasteiger partial charge in [0.25, 0.3) is 0 Å². The van der Waals surface area contributed by atoms with Gasteiger partial charge in [0.2, 0.25) is 0 Å². The summed E-state index contributed by atoms with van der Waals surface area (Å²) in [6.07, 6.45) is 8.28. The topological polar surface area (TPSA) is 22.3 Å². The van der Waals surface area contributed by atoms with Crippen LogP contribution in [0.2, 0.25) is 0 Å². The maximum Gasteiger partial charge on any atom is 0.0782 e. The van der Waals surface area contributed by atoms with Crippen LogP contribution >= 0.6 is 12.2 Å². The van der Waals surface area contributed by atoms with Gasteiger partial charge in [0.05, 0.1) is 27.2 Å². The quantitative estimate of drug-likeness (QED) is 0.273. The molecule has 0 aromatic rings. The van der Waals surface area contributed by atoms with E-state index >= 15 is 0 Å². The lowest BCUT2D eigenvalue weighted by Gasteiger charge is -2.29. The Bertz CT molecular complexity index is 161. The molecule has 0 fully saturated rings. The number of unbranched alkanes of at least 4 members (excludes halogenated alkanes) is 4. The van der Waals surface area contributed by atoms with Crippen LogP contribution in [-0.4, -0.2) is 36.8 Å². The lowest BCUT2D eigenvalue weighted by molar-refractivity contribution is -0.890. The summed E-state index contributed by atoms with van der Waals surface area (Å²) >= 11 is 3.70. The molecule has 16 heavy (non-hydrogen) atoms. The van der Waals surface area contributed by atoms with Crippen molar-refractivity contribution in [1.29, 1.82) is 0 Å². The molecule has 0 spiro atoms. The predicted molar refractivity (Wildman–Crippen MR) is 76.8 cm³/mol. The number of hydrogen-bond acceptors (Lipinski definition) is 1. The van der Waals surface area contributed by atoms with Crippen LogP contribution < -0.4 is 0 Å². The van der Waals surface area contributed by atoms with Crippen molar-refractivity contribution in [1.82, 2.24) is 0 Å². The normalized spacial score (nSPS) is 10.2. The highest BCUT2D eigenvalue weighted by molar-refractivity contribution is 7.78. The number of thiocarbonyl (C=S) groups is 1. The molecule has 0 aromatic heterocycles. The highest BCUT2D eigenvalue weighted by Gasteiger charge is 2.12. The molecule has 96 valence electrons. The molecule has 0 amide bonds. The Hall–Kier alpha value is -0.240. The van der Waals surface area contributed by atoms with Crippen LogP contribution in [0.15, 0.2) is 0 Å². The van der Waals surface area contributed by atoms with Crippen molar-refractivity contribution in [2.75, 3.05) is 27.2 Å². The molecule has 0 unspecified atom stereocenters. The lowest BCUT2D eigenvalue weighted by atomic mass is 10.2. The van der Waals surface area contributed by atoms with Crippen LogP contribution in [0.5, 0.6) is 0 Å². The third-order valence-corrected chi connectivity index (χ3v) is 2.73. The van der Waals surface area contributed by atoms with Crippen molar-refractivity contribution in [3.8, 4) is 0 Å². The fourth-order valence-corrected chi connectivity index (χ4v) is 1.69. The van der Waals surface area contributed by atoms with Crippen LogP contribution in [-0.2, 0) is 0 Å². The van der Waals surface area contributed by atoms with Crippen LogP contribution in [0.3, 0.4) is 0 Å². The molecule has 0 saturated heterocycles. The number of quaternary nitrogens is 1. The van der Waals surface area contributed by atoms with Crippen molar-refractivity contribution in [2.45, 2.75) is 52.4 Å². The van der Waals surface area contributed by atoms with E-state index in [0.29, 0.717) is 0 Å². The average molecular weight is 244 g/mol. The van der Waals surface area contributed by atoms with Gasteiger partial charge in [-0.2, -0.15) is 5.16 Å². The molecule has 0 bridgehead atoms. The van der Waals surface area contributed by atoms with Crippen molar-refractivity contribution < 1.29 is 4.48 Å². The summed E-state index contributed by atoms with van der Waals surface area (Å²) in [5.41, 5.74) is 0. The highest BCUT2D eigenvalue weighted by Crippen LogP contribution is 2.06. The van der Waals surface area contributed by atoms with Crippen molar-refractivity contribution in [3.63, 3.8) is 0 Å². The van der Waals surface area contributed by atoms with Gasteiger partial charge in [-0.05, 0) is 25.7 Å². The molecule has 0 aliphatic heterocycles. The molecule has 0 aromatic carbocycles. The van der Waals surface area contributed by atoms with Crippen LogP contribution in [0.4, 0.5) is 0 Å². The minimum Gasteiger partial charge on any atom is -0.753 e. The third-order valence-electron chi connectivity index (χ3n) is 2.73. The van der Waals surface area contributed by atoms with E-state index in [4.69, 9.17) is 5.41 Å². The minimum atomic E-state index is 1.22. The zero-order chi connectivity index (χ0) is 12.9. The first-order valence-electron chi connectivity index (χ1n) is 6.37. The maximum absolute atomic E-state index is 7.13. The van der Waals surface area contributed by atoms with E-state index in [1.54, 1.807) is 0 Å². The third kappa shape index (κ3) is 16.2. The minimum absolute atomic E-state index is 1.22. The largest absolute Gasteiger partial charge is 0.753 e. The van der Waals surface area contributed by atoms with Gasteiger partial charge in [-0.25, -0.2) is 0 Å². The monoisotopic (exact) mass is 244 g/mol. The number of nitrogens with zero attached hydrogens (tertiary/aromatic N) is 2. The number of isothiocyanates is 1. The Morgan fingerprint density at radius 1 is 0.938 bits per heavy atom. The first-order chi connectivity index (χ1) is 7.54. The molecule has 0 saturated carbocycles. The van der Waals surface area contributed by atoms with Crippen LogP contribution in [0.1, 0.15) is 52.4 Å². The number of hydrogen-bond donors (Lipinski definition) is 0. The second kappa shape index (κ2) is 12.8. The Morgan fingerprint density at radius 2 is 1.25 bits per heavy atom. The van der Waals surface area contributed by atoms with Gasteiger partial charge < -0.3 is 9.89 Å². The van der Waals surface area contributed by atoms with E-state index in [1.165, 1.54) is 61.3 Å². The van der Waals surface area contributed by atoms with Gasteiger partial charge >= 0.3 is 0 Å². The molecule has 0 atom stereocenters. The van der Waals surface area contributed by atoms with E-state index in [9.17, 15) is 0 Å². The first-order valence-corrected chi connectivity index (χ1v) is 6.78. The van der Waals surface area contributed by atoms with E-state index in [1.807, 2.05) is 0 Å². The number of rotatable bonds is 8. The zero-order valence-electron chi connectivity index (χ0n) is 11.5. The van der Waals surface area contributed by atoms with Crippen molar-refractivity contribution in [2.24, 2.45) is 0 Å². The Kier molecular flexibility index (Phi) is 14.5. The Morgan fingerprint density at radius 3 is 1.50 bits per heavy atom. The molecule has 0 aliphatic rings. The molecule has 0 aliphatic carbocycles. The van der Waals surface area contributed by atoms with E-state index in [0.717, 1.165) is 0 Å². The lowest BCUT2D eigenvalue weighted by Crippen LogP contribution is -2.41. The smallest absolute Gasteiger partial charge is 0.0782 e. The first kappa shape index (κ1) is 18.1. The summed E-state index contributed by atoms with van der Waals surface area (Å²) in [5.74, 6) is 0. The second-order valence-electron chi connectivity index (χ2n) is 4.89. The fourth-order valence-electron chi connectivity index (χ4n) is 1.69. The predicted octanol–water partition coefficient (Wildman–Crippen LogP) is 4.10. The van der Waals surface area contributed by atoms with Gasteiger partial charge in [-0.15, -0.1) is 0 Å². The van der Waals surface area contributed by atoms with E-state index in [-0.39, 0.29) is 0 Å². The molecular weight excluding hydrogens is 216 g/mol. The summed E-state index contributed by atoms with van der Waals surface area (Å²) in [5, 5.41) is 8.47. The van der Waals surface area contributed by atoms with E-state index < -0.39 is 0 Å². The van der Waals surface area contributed by atoms with Gasteiger partial charge in [-0.3, -0.25) is 0 Å². The molecule has 0 N–H and O–H groups in total. The Labute approximate surface area is 107 Å². The summed E-state index contributed by atoms with van der Waals surface area (Å²) in [6, 6.07) is 0. The average Bonchev–Trinajstić information content (AvgIpc) is 2.19. The molecule has 0 radical (unpaired) electrons. The van der Waals surface area contributed by atoms with Crippen molar-refractivity contribution >= 4 is 17.4 Å². The maximum atomic E-state index is 7.13. The van der Waals surface area contributed by atoms with E-state index in [2.05, 4.69) is 40.2 Å². The molecule has 0 rings (SSSR count). The molecular formula is C13H28N2S. The molecule has 3 heteroatoms. The van der Waals surface area contributed by atoms with Gasteiger partial charge in [0.15, 0.2) is 0 Å². The van der Waals surface area contributed by atoms with Gasteiger partial charge in [-0.1, -0.05) is 38.9 Å². The van der Waals surface area contributed by atoms with Crippen LogP contribution in [0.25, 0.3) is 5.41 Å². The second-order valence-corrected chi connectivity index (χ2v) is 5.07. The molecule has 2 nitrogen and oxygen atoms in total. The fraction of sp³-hybridized carbons (Fsp3) is 0.923. The van der Waals surface area contributed by atoms with Gasteiger partial charge in [0, 0.05) is 0 Å². The standard InChI is InChI=1S/C12H28N.CNS/c1-5-7-9-11-13(3,4)12-10-8-6-2;2-1-3/h5-12H2,1-4H3;/q+1;-1. The Balaban J connectivity index is 0. The van der Waals surface area contributed by atoms with Crippen LogP contribution in [0, 0.1) is 0 Å². The highest BCUT2D eigenvalue weighted by atomic mass is 32.1. The SMILES string of the molecule is CCCCC[N+](C)(C)CCCCC.[N-]=C=S. The summed E-state index contributed by atoms with van der Waals surface area (Å²) < 4.78 is 1.22. The zero-order valence-corrected chi connectivity index (χ0v) is 12.3. The summed E-state index contributed by atoms with van der Waals surface area (Å²) in [6.45, 7) is 7.27. The van der Waals surface area contributed by atoms with Gasteiger partial charge in [0.1, 0.15) is 0 Å². The van der Waals surface area contributed by atoms with Crippen molar-refractivity contribution in [3.05, 3.63) is 5.41 Å². The molecule has 0 heterocycles.